The van der Waals surface area contributed by atoms with Gasteiger partial charge in [-0.15, -0.1) is 0 Å². The van der Waals surface area contributed by atoms with Crippen LogP contribution in [0.5, 0.6) is 11.5 Å². The first kappa shape index (κ1) is 26.1. The Bertz CT molecular complexity index is 746. The number of aromatic hydroxyl groups is 2. The van der Waals surface area contributed by atoms with Crippen molar-refractivity contribution in [1.29, 1.82) is 0 Å². The molecule has 0 aromatic heterocycles. The van der Waals surface area contributed by atoms with Crippen molar-refractivity contribution < 1.29 is 10.2 Å². The summed E-state index contributed by atoms with van der Waals surface area (Å²) in [4.78, 5) is 0. The van der Waals surface area contributed by atoms with E-state index in [4.69, 9.17) is 0 Å². The molecule has 2 aromatic carbocycles. The molecule has 0 saturated carbocycles. The predicted octanol–water partition coefficient (Wildman–Crippen LogP) is 8.41. The van der Waals surface area contributed by atoms with Crippen LogP contribution >= 0.6 is 0 Å². The van der Waals surface area contributed by atoms with Crippen molar-refractivity contribution >= 4 is 0 Å². The first-order valence-electron chi connectivity index (χ1n) is 11.4. The Labute approximate surface area is 185 Å². The summed E-state index contributed by atoms with van der Waals surface area (Å²) in [5, 5.41) is 20.5. The molecule has 2 nitrogen and oxygen atoms in total. The van der Waals surface area contributed by atoms with Crippen molar-refractivity contribution in [2.75, 3.05) is 0 Å². The molecule has 0 radical (unpaired) electrons. The molecule has 0 spiro atoms. The molecule has 0 aliphatic heterocycles. The molecular weight excluding hydrogens is 368 g/mol. The van der Waals surface area contributed by atoms with Gasteiger partial charge in [-0.1, -0.05) is 106 Å². The SMILES string of the molecule is CC(C)(C)c1cccc(C(C)(C)C)c1O.CCC(C)c1cccc(C(C)CC)c1O. The van der Waals surface area contributed by atoms with Gasteiger partial charge in [-0.2, -0.15) is 0 Å². The summed E-state index contributed by atoms with van der Waals surface area (Å²) in [6, 6.07) is 12.2. The Morgan fingerprint density at radius 1 is 0.633 bits per heavy atom. The van der Waals surface area contributed by atoms with Gasteiger partial charge < -0.3 is 10.2 Å². The lowest BCUT2D eigenvalue weighted by atomic mass is 9.80. The van der Waals surface area contributed by atoms with E-state index in [1.165, 1.54) is 0 Å². The van der Waals surface area contributed by atoms with E-state index in [1.807, 2.05) is 30.3 Å². The van der Waals surface area contributed by atoms with E-state index in [9.17, 15) is 10.2 Å². The third kappa shape index (κ3) is 6.52. The van der Waals surface area contributed by atoms with E-state index in [-0.39, 0.29) is 10.8 Å². The van der Waals surface area contributed by atoms with Gasteiger partial charge in [0.15, 0.2) is 0 Å². The normalized spacial score (nSPS) is 13.9. The molecule has 2 heteroatoms. The fourth-order valence-electron chi connectivity index (χ4n) is 3.57. The largest absolute Gasteiger partial charge is 0.507 e. The summed E-state index contributed by atoms with van der Waals surface area (Å²) in [5.41, 5.74) is 4.21. The van der Waals surface area contributed by atoms with Crippen molar-refractivity contribution in [3.05, 3.63) is 58.7 Å². The van der Waals surface area contributed by atoms with Gasteiger partial charge >= 0.3 is 0 Å². The highest BCUT2D eigenvalue weighted by molar-refractivity contribution is 5.47. The van der Waals surface area contributed by atoms with Crippen molar-refractivity contribution in [3.63, 3.8) is 0 Å². The smallest absolute Gasteiger partial charge is 0.123 e. The zero-order valence-electron chi connectivity index (χ0n) is 20.9. The second-order valence-corrected chi connectivity index (χ2v) is 10.6. The first-order valence-corrected chi connectivity index (χ1v) is 11.4. The highest BCUT2D eigenvalue weighted by Gasteiger charge is 2.24. The summed E-state index contributed by atoms with van der Waals surface area (Å²) in [5.74, 6) is 1.85. The van der Waals surface area contributed by atoms with Crippen LogP contribution in [0.25, 0.3) is 0 Å². The maximum Gasteiger partial charge on any atom is 0.123 e. The zero-order chi connectivity index (χ0) is 23.3. The van der Waals surface area contributed by atoms with E-state index in [2.05, 4.69) is 75.3 Å². The highest BCUT2D eigenvalue weighted by Crippen LogP contribution is 2.38. The van der Waals surface area contributed by atoms with Crippen LogP contribution in [0.1, 0.15) is 116 Å². The minimum Gasteiger partial charge on any atom is -0.507 e. The zero-order valence-corrected chi connectivity index (χ0v) is 20.9. The molecule has 2 rings (SSSR count). The molecule has 0 heterocycles. The Kier molecular flexibility index (Phi) is 9.02. The van der Waals surface area contributed by atoms with Gasteiger partial charge in [0.25, 0.3) is 0 Å². The van der Waals surface area contributed by atoms with Crippen LogP contribution in [0.3, 0.4) is 0 Å². The van der Waals surface area contributed by atoms with E-state index in [0.717, 1.165) is 35.1 Å². The van der Waals surface area contributed by atoms with Crippen molar-refractivity contribution in [3.8, 4) is 11.5 Å². The van der Waals surface area contributed by atoms with Crippen LogP contribution < -0.4 is 0 Å². The van der Waals surface area contributed by atoms with Crippen molar-refractivity contribution in [2.24, 2.45) is 0 Å². The summed E-state index contributed by atoms with van der Waals surface area (Å²) in [7, 11) is 0. The van der Waals surface area contributed by atoms with E-state index >= 15 is 0 Å². The number of phenolic OH excluding ortho intramolecular Hbond substituents is 2. The molecule has 2 atom stereocenters. The fourth-order valence-corrected chi connectivity index (χ4v) is 3.57. The molecule has 0 aliphatic rings. The molecule has 0 amide bonds. The van der Waals surface area contributed by atoms with Gasteiger partial charge in [-0.3, -0.25) is 0 Å². The lowest BCUT2D eigenvalue weighted by molar-refractivity contribution is 0.423. The minimum absolute atomic E-state index is 0.00859. The van der Waals surface area contributed by atoms with Crippen molar-refractivity contribution in [2.45, 2.75) is 105 Å². The molecule has 2 N–H and O–H groups in total. The summed E-state index contributed by atoms with van der Waals surface area (Å²) >= 11 is 0. The summed E-state index contributed by atoms with van der Waals surface area (Å²) in [6.45, 7) is 21.3. The number of phenols is 2. The van der Waals surface area contributed by atoms with Gasteiger partial charge in [0.2, 0.25) is 0 Å². The van der Waals surface area contributed by atoms with Gasteiger partial charge in [0.1, 0.15) is 11.5 Å². The molecule has 168 valence electrons. The lowest BCUT2D eigenvalue weighted by Gasteiger charge is -2.26. The average molecular weight is 413 g/mol. The predicted molar refractivity (Wildman–Crippen MR) is 131 cm³/mol. The van der Waals surface area contributed by atoms with Gasteiger partial charge in [0, 0.05) is 0 Å². The maximum absolute atomic E-state index is 10.3. The molecule has 2 unspecified atom stereocenters. The Morgan fingerprint density at radius 3 is 1.27 bits per heavy atom. The standard InChI is InChI=1S/2C14H22O/c1-13(2,3)10-8-7-9-11(12(10)15)14(4,5)6;1-5-10(3)12-8-7-9-13(14(12)15)11(4)6-2/h7-9,15H,1-6H3;7-11,15H,5-6H2,1-4H3. The monoisotopic (exact) mass is 412 g/mol. The van der Waals surface area contributed by atoms with Crippen LogP contribution in [-0.2, 0) is 10.8 Å². The lowest BCUT2D eigenvalue weighted by Crippen LogP contribution is -2.16. The summed E-state index contributed by atoms with van der Waals surface area (Å²) in [6.07, 6.45) is 2.13. The number of hydrogen-bond acceptors (Lipinski definition) is 2. The van der Waals surface area contributed by atoms with Crippen LogP contribution in [0.2, 0.25) is 0 Å². The van der Waals surface area contributed by atoms with Crippen LogP contribution in [0, 0.1) is 0 Å². The fraction of sp³-hybridized carbons (Fsp3) is 0.571. The molecular formula is C28H44O2. The van der Waals surface area contributed by atoms with Crippen LogP contribution in [0.15, 0.2) is 36.4 Å². The third-order valence-electron chi connectivity index (χ3n) is 6.04. The van der Waals surface area contributed by atoms with Crippen LogP contribution in [0.4, 0.5) is 0 Å². The molecule has 0 saturated heterocycles. The molecule has 0 fully saturated rings. The van der Waals surface area contributed by atoms with Gasteiger partial charge in [0.05, 0.1) is 0 Å². The number of benzene rings is 2. The minimum atomic E-state index is -0.00859. The highest BCUT2D eigenvalue weighted by atomic mass is 16.3. The molecule has 0 bridgehead atoms. The van der Waals surface area contributed by atoms with E-state index in [1.54, 1.807) is 0 Å². The van der Waals surface area contributed by atoms with Crippen molar-refractivity contribution in [1.82, 2.24) is 0 Å². The maximum atomic E-state index is 10.3. The number of hydrogen-bond donors (Lipinski definition) is 2. The van der Waals surface area contributed by atoms with Gasteiger partial charge in [-0.25, -0.2) is 0 Å². The quantitative estimate of drug-likeness (QED) is 0.529. The second-order valence-electron chi connectivity index (χ2n) is 10.6. The number of para-hydroxylation sites is 2. The third-order valence-corrected chi connectivity index (χ3v) is 6.04. The average Bonchev–Trinajstić information content (AvgIpc) is 2.65. The molecule has 2 aromatic rings. The summed E-state index contributed by atoms with van der Waals surface area (Å²) < 4.78 is 0. The molecule has 30 heavy (non-hydrogen) atoms. The van der Waals surface area contributed by atoms with E-state index < -0.39 is 0 Å². The first-order chi connectivity index (χ1) is 13.8. The van der Waals surface area contributed by atoms with E-state index in [0.29, 0.717) is 23.3 Å². The Morgan fingerprint density at radius 2 is 0.967 bits per heavy atom. The Balaban J connectivity index is 0.000000300. The van der Waals surface area contributed by atoms with Crippen LogP contribution in [-0.4, -0.2) is 10.2 Å². The number of rotatable bonds is 4. The van der Waals surface area contributed by atoms with Gasteiger partial charge in [-0.05, 0) is 57.8 Å². The second kappa shape index (κ2) is 10.4. The molecule has 0 aliphatic carbocycles. The Hall–Kier alpha value is -1.96. The topological polar surface area (TPSA) is 40.5 Å².